The molecule has 4 heteroatoms. The van der Waals surface area contributed by atoms with Crippen LogP contribution in [0.1, 0.15) is 46.4 Å². The van der Waals surface area contributed by atoms with Crippen molar-refractivity contribution in [2.45, 2.75) is 39.2 Å². The Hall–Kier alpha value is -2.20. The number of piperidine rings is 1. The average Bonchev–Trinajstić information content (AvgIpc) is 2.67. The summed E-state index contributed by atoms with van der Waals surface area (Å²) in [7, 11) is 0. The first-order valence-corrected chi connectivity index (χ1v) is 9.15. The van der Waals surface area contributed by atoms with Crippen LogP contribution in [0.2, 0.25) is 0 Å². The summed E-state index contributed by atoms with van der Waals surface area (Å²) < 4.78 is 0. The van der Waals surface area contributed by atoms with Crippen molar-refractivity contribution in [1.82, 2.24) is 9.88 Å². The van der Waals surface area contributed by atoms with Crippen LogP contribution in [0.25, 0.3) is 0 Å². The number of aromatic nitrogens is 1. The van der Waals surface area contributed by atoms with E-state index in [2.05, 4.69) is 36.2 Å². The zero-order chi connectivity index (χ0) is 17.6. The van der Waals surface area contributed by atoms with Crippen molar-refractivity contribution < 1.29 is 4.79 Å². The Morgan fingerprint density at radius 2 is 1.92 bits per heavy atom. The standard InChI is InChI=1S/C21H27N3O/c1-16-2-4-17(5-3-16)6-7-18-9-12-24(13-10-18)21(25)19-8-11-23-20(14-19)15-22/h2-5,8,11,14,18H,6-7,9-10,12-13,15,22H2,1H3. The number of rotatable bonds is 5. The molecule has 2 heterocycles. The summed E-state index contributed by atoms with van der Waals surface area (Å²) in [6, 6.07) is 12.4. The first kappa shape index (κ1) is 17.6. The zero-order valence-electron chi connectivity index (χ0n) is 14.9. The van der Waals surface area contributed by atoms with Crippen molar-refractivity contribution in [2.75, 3.05) is 13.1 Å². The number of hydrogen-bond donors (Lipinski definition) is 1. The number of hydrogen-bond acceptors (Lipinski definition) is 3. The van der Waals surface area contributed by atoms with E-state index in [1.165, 1.54) is 17.5 Å². The number of nitrogens with two attached hydrogens (primary N) is 1. The molecule has 1 aromatic heterocycles. The molecule has 2 aromatic rings. The van der Waals surface area contributed by atoms with Gasteiger partial charge in [0.15, 0.2) is 0 Å². The molecule has 3 rings (SSSR count). The van der Waals surface area contributed by atoms with Crippen molar-refractivity contribution in [2.24, 2.45) is 11.7 Å². The van der Waals surface area contributed by atoms with Crippen LogP contribution in [0, 0.1) is 12.8 Å². The lowest BCUT2D eigenvalue weighted by Gasteiger charge is -2.32. The molecule has 1 amide bonds. The topological polar surface area (TPSA) is 59.2 Å². The van der Waals surface area contributed by atoms with E-state index in [9.17, 15) is 4.79 Å². The second kappa shape index (κ2) is 8.26. The van der Waals surface area contributed by atoms with Gasteiger partial charge in [0, 0.05) is 31.4 Å². The molecule has 1 fully saturated rings. The maximum Gasteiger partial charge on any atom is 0.253 e. The van der Waals surface area contributed by atoms with E-state index in [1.807, 2.05) is 11.0 Å². The lowest BCUT2D eigenvalue weighted by molar-refractivity contribution is 0.0686. The summed E-state index contributed by atoms with van der Waals surface area (Å²) in [5.74, 6) is 0.816. The van der Waals surface area contributed by atoms with Crippen molar-refractivity contribution in [3.05, 3.63) is 65.0 Å². The van der Waals surface area contributed by atoms with Crippen LogP contribution in [0.15, 0.2) is 42.6 Å². The normalized spacial score (nSPS) is 15.4. The summed E-state index contributed by atoms with van der Waals surface area (Å²) in [6.07, 6.45) is 6.18. The van der Waals surface area contributed by atoms with Crippen LogP contribution in [0.3, 0.4) is 0 Å². The maximum absolute atomic E-state index is 12.6. The minimum atomic E-state index is 0.106. The summed E-state index contributed by atoms with van der Waals surface area (Å²) in [5, 5.41) is 0. The Balaban J connectivity index is 1.49. The maximum atomic E-state index is 12.6. The molecular weight excluding hydrogens is 310 g/mol. The van der Waals surface area contributed by atoms with Gasteiger partial charge in [0.2, 0.25) is 0 Å². The van der Waals surface area contributed by atoms with Gasteiger partial charge >= 0.3 is 0 Å². The Labute approximate surface area is 150 Å². The van der Waals surface area contributed by atoms with Crippen molar-refractivity contribution in [3.63, 3.8) is 0 Å². The smallest absolute Gasteiger partial charge is 0.253 e. The van der Waals surface area contributed by atoms with Crippen molar-refractivity contribution in [1.29, 1.82) is 0 Å². The monoisotopic (exact) mass is 337 g/mol. The number of carbonyl (C=O) groups excluding carboxylic acids is 1. The molecular formula is C21H27N3O. The molecule has 0 bridgehead atoms. The van der Waals surface area contributed by atoms with E-state index < -0.39 is 0 Å². The SMILES string of the molecule is Cc1ccc(CCC2CCN(C(=O)c3ccnc(CN)c3)CC2)cc1. The van der Waals surface area contributed by atoms with Gasteiger partial charge in [-0.3, -0.25) is 9.78 Å². The molecule has 132 valence electrons. The van der Waals surface area contributed by atoms with E-state index in [-0.39, 0.29) is 5.91 Å². The van der Waals surface area contributed by atoms with Gasteiger partial charge in [-0.2, -0.15) is 0 Å². The Morgan fingerprint density at radius 1 is 1.20 bits per heavy atom. The molecule has 1 aromatic carbocycles. The van der Waals surface area contributed by atoms with Gasteiger partial charge in [-0.05, 0) is 56.2 Å². The number of pyridine rings is 1. The number of likely N-dealkylation sites (tertiary alicyclic amines) is 1. The minimum absolute atomic E-state index is 0.106. The lowest BCUT2D eigenvalue weighted by Crippen LogP contribution is -2.38. The van der Waals surface area contributed by atoms with Crippen LogP contribution < -0.4 is 5.73 Å². The number of carbonyl (C=O) groups is 1. The highest BCUT2D eigenvalue weighted by Gasteiger charge is 2.23. The Kier molecular flexibility index (Phi) is 5.82. The third-order valence-corrected chi connectivity index (χ3v) is 5.14. The highest BCUT2D eigenvalue weighted by atomic mass is 16.2. The predicted molar refractivity (Wildman–Crippen MR) is 100 cm³/mol. The summed E-state index contributed by atoms with van der Waals surface area (Å²) in [5.41, 5.74) is 9.80. The van der Waals surface area contributed by atoms with Gasteiger partial charge in [0.25, 0.3) is 5.91 Å². The minimum Gasteiger partial charge on any atom is -0.339 e. The van der Waals surface area contributed by atoms with E-state index in [1.54, 1.807) is 12.3 Å². The molecule has 1 aliphatic rings. The molecule has 1 saturated heterocycles. The number of aryl methyl sites for hydroxylation is 2. The summed E-state index contributed by atoms with van der Waals surface area (Å²) >= 11 is 0. The van der Waals surface area contributed by atoms with Gasteiger partial charge in [0.05, 0.1) is 5.69 Å². The molecule has 0 atom stereocenters. The number of nitrogens with zero attached hydrogens (tertiary/aromatic N) is 2. The van der Waals surface area contributed by atoms with E-state index in [0.717, 1.165) is 38.0 Å². The van der Waals surface area contributed by atoms with Gasteiger partial charge in [-0.1, -0.05) is 29.8 Å². The molecule has 0 radical (unpaired) electrons. The van der Waals surface area contributed by atoms with Crippen molar-refractivity contribution >= 4 is 5.91 Å². The first-order chi connectivity index (χ1) is 12.2. The van der Waals surface area contributed by atoms with Crippen LogP contribution in [0.4, 0.5) is 0 Å². The third-order valence-electron chi connectivity index (χ3n) is 5.14. The van der Waals surface area contributed by atoms with Crippen molar-refractivity contribution in [3.8, 4) is 0 Å². The Bertz CT molecular complexity index is 703. The van der Waals surface area contributed by atoms with E-state index >= 15 is 0 Å². The quantitative estimate of drug-likeness (QED) is 0.910. The van der Waals surface area contributed by atoms with Crippen LogP contribution in [-0.4, -0.2) is 28.9 Å². The Morgan fingerprint density at radius 3 is 2.60 bits per heavy atom. The molecule has 0 unspecified atom stereocenters. The highest BCUT2D eigenvalue weighted by Crippen LogP contribution is 2.23. The lowest BCUT2D eigenvalue weighted by atomic mass is 9.90. The number of benzene rings is 1. The molecule has 0 aliphatic carbocycles. The number of amides is 1. The fourth-order valence-corrected chi connectivity index (χ4v) is 3.46. The second-order valence-corrected chi connectivity index (χ2v) is 7.00. The molecule has 4 nitrogen and oxygen atoms in total. The summed E-state index contributed by atoms with van der Waals surface area (Å²) in [4.78, 5) is 18.8. The van der Waals surface area contributed by atoms with E-state index in [0.29, 0.717) is 18.0 Å². The molecule has 2 N–H and O–H groups in total. The van der Waals surface area contributed by atoms with Crippen LogP contribution in [-0.2, 0) is 13.0 Å². The molecule has 25 heavy (non-hydrogen) atoms. The van der Waals surface area contributed by atoms with Gasteiger partial charge < -0.3 is 10.6 Å². The van der Waals surface area contributed by atoms with Crippen LogP contribution >= 0.6 is 0 Å². The predicted octanol–water partition coefficient (Wildman–Crippen LogP) is 3.33. The van der Waals surface area contributed by atoms with Gasteiger partial charge in [-0.15, -0.1) is 0 Å². The fourth-order valence-electron chi connectivity index (χ4n) is 3.46. The highest BCUT2D eigenvalue weighted by molar-refractivity contribution is 5.94. The average molecular weight is 337 g/mol. The van der Waals surface area contributed by atoms with Gasteiger partial charge in [-0.25, -0.2) is 0 Å². The third kappa shape index (κ3) is 4.67. The van der Waals surface area contributed by atoms with Crippen LogP contribution in [0.5, 0.6) is 0 Å². The zero-order valence-corrected chi connectivity index (χ0v) is 14.9. The molecule has 0 saturated carbocycles. The molecule has 0 spiro atoms. The largest absolute Gasteiger partial charge is 0.339 e. The fraction of sp³-hybridized carbons (Fsp3) is 0.429. The van der Waals surface area contributed by atoms with Gasteiger partial charge in [0.1, 0.15) is 0 Å². The first-order valence-electron chi connectivity index (χ1n) is 9.15. The summed E-state index contributed by atoms with van der Waals surface area (Å²) in [6.45, 7) is 4.17. The van der Waals surface area contributed by atoms with E-state index in [4.69, 9.17) is 5.73 Å². The molecule has 1 aliphatic heterocycles. The second-order valence-electron chi connectivity index (χ2n) is 7.00.